The second kappa shape index (κ2) is 7.30. The van der Waals surface area contributed by atoms with Crippen molar-refractivity contribution in [2.45, 2.75) is 39.2 Å². The van der Waals surface area contributed by atoms with Gasteiger partial charge in [-0.1, -0.05) is 6.08 Å². The Hall–Kier alpha value is -1.62. The molecule has 1 aromatic heterocycles. The minimum atomic E-state index is -0.478. The highest BCUT2D eigenvalue weighted by Gasteiger charge is 2.24. The van der Waals surface area contributed by atoms with Gasteiger partial charge in [0, 0.05) is 22.9 Å². The first-order valence-corrected chi connectivity index (χ1v) is 8.57. The summed E-state index contributed by atoms with van der Waals surface area (Å²) in [6.45, 7) is 6.75. The summed E-state index contributed by atoms with van der Waals surface area (Å²) in [5.74, 6) is 0. The number of rotatable bonds is 2. The molecule has 0 bridgehead atoms. The second-order valence-corrected chi connectivity index (χ2v) is 7.58. The van der Waals surface area contributed by atoms with Crippen LogP contribution < -0.4 is 0 Å². The number of carbonyl (C=O) groups excluding carboxylic acids is 1. The van der Waals surface area contributed by atoms with E-state index >= 15 is 0 Å². The van der Waals surface area contributed by atoms with Crippen LogP contribution in [0, 0.1) is 14.9 Å². The van der Waals surface area contributed by atoms with E-state index in [1.807, 2.05) is 32.9 Å². The van der Waals surface area contributed by atoms with Crippen LogP contribution in [0.15, 0.2) is 18.3 Å². The molecule has 1 aliphatic rings. The topological polar surface area (TPSA) is 66.2 Å². The zero-order chi connectivity index (χ0) is 17.0. The molecule has 0 saturated heterocycles. The van der Waals surface area contributed by atoms with E-state index < -0.39 is 5.60 Å². The Morgan fingerprint density at radius 3 is 2.78 bits per heavy atom. The summed E-state index contributed by atoms with van der Waals surface area (Å²) >= 11 is 2.25. The summed E-state index contributed by atoms with van der Waals surface area (Å²) in [5, 5.41) is 8.75. The van der Waals surface area contributed by atoms with Crippen LogP contribution in [-0.2, 0) is 11.2 Å². The van der Waals surface area contributed by atoms with Crippen LogP contribution in [0.25, 0.3) is 5.57 Å². The van der Waals surface area contributed by atoms with Gasteiger partial charge in [0.1, 0.15) is 5.60 Å². The number of carbonyl (C=O) groups is 1. The Morgan fingerprint density at radius 2 is 2.26 bits per heavy atom. The van der Waals surface area contributed by atoms with Gasteiger partial charge >= 0.3 is 6.09 Å². The number of pyridine rings is 1. The fraction of sp³-hybridized carbons (Fsp3) is 0.471. The highest BCUT2D eigenvalue weighted by atomic mass is 127. The number of nitrogens with zero attached hydrogens (tertiary/aromatic N) is 3. The highest BCUT2D eigenvalue weighted by Crippen LogP contribution is 2.26. The van der Waals surface area contributed by atoms with Crippen molar-refractivity contribution < 1.29 is 9.53 Å². The first-order chi connectivity index (χ1) is 10.8. The molecule has 122 valence electrons. The summed E-state index contributed by atoms with van der Waals surface area (Å²) in [4.78, 5) is 18.3. The van der Waals surface area contributed by atoms with Crippen molar-refractivity contribution in [1.82, 2.24) is 9.88 Å². The monoisotopic (exact) mass is 425 g/mol. The maximum absolute atomic E-state index is 12.1. The summed E-state index contributed by atoms with van der Waals surface area (Å²) in [5.41, 5.74) is 2.52. The summed E-state index contributed by atoms with van der Waals surface area (Å²) in [6.07, 6.45) is 4.62. The van der Waals surface area contributed by atoms with Crippen molar-refractivity contribution in [3.05, 3.63) is 33.2 Å². The molecule has 0 radical (unpaired) electrons. The molecule has 6 heteroatoms. The number of halogens is 1. The molecule has 2 rings (SSSR count). The van der Waals surface area contributed by atoms with Crippen molar-refractivity contribution in [2.24, 2.45) is 0 Å². The van der Waals surface area contributed by atoms with E-state index in [0.29, 0.717) is 19.5 Å². The van der Waals surface area contributed by atoms with Gasteiger partial charge in [-0.15, -0.1) is 0 Å². The lowest BCUT2D eigenvalue weighted by molar-refractivity contribution is 0.0270. The van der Waals surface area contributed by atoms with Crippen LogP contribution in [0.3, 0.4) is 0 Å². The molecule has 0 aromatic carbocycles. The smallest absolute Gasteiger partial charge is 0.410 e. The molecular weight excluding hydrogens is 405 g/mol. The highest BCUT2D eigenvalue weighted by molar-refractivity contribution is 14.1. The van der Waals surface area contributed by atoms with Crippen LogP contribution in [0.2, 0.25) is 0 Å². The predicted octanol–water partition coefficient (Wildman–Crippen LogP) is 3.78. The van der Waals surface area contributed by atoms with Gasteiger partial charge in [0.05, 0.1) is 18.2 Å². The fourth-order valence-electron chi connectivity index (χ4n) is 2.28. The lowest BCUT2D eigenvalue weighted by atomic mass is 10.0. The average molecular weight is 425 g/mol. The number of ether oxygens (including phenoxy) is 1. The first-order valence-electron chi connectivity index (χ1n) is 7.49. The van der Waals surface area contributed by atoms with Crippen LogP contribution >= 0.6 is 22.6 Å². The van der Waals surface area contributed by atoms with E-state index in [1.165, 1.54) is 0 Å². The van der Waals surface area contributed by atoms with Gasteiger partial charge in [-0.05, 0) is 67.0 Å². The summed E-state index contributed by atoms with van der Waals surface area (Å²) in [6, 6.07) is 4.12. The van der Waals surface area contributed by atoms with Crippen molar-refractivity contribution in [2.75, 3.05) is 13.1 Å². The quantitative estimate of drug-likeness (QED) is 0.677. The molecule has 0 aliphatic carbocycles. The van der Waals surface area contributed by atoms with Gasteiger partial charge in [0.15, 0.2) is 0 Å². The van der Waals surface area contributed by atoms with Gasteiger partial charge in [-0.3, -0.25) is 4.98 Å². The zero-order valence-electron chi connectivity index (χ0n) is 13.6. The van der Waals surface area contributed by atoms with E-state index in [-0.39, 0.29) is 6.09 Å². The van der Waals surface area contributed by atoms with E-state index in [1.54, 1.807) is 11.1 Å². The van der Waals surface area contributed by atoms with Gasteiger partial charge in [0.2, 0.25) is 0 Å². The second-order valence-electron chi connectivity index (χ2n) is 6.41. The Balaban J connectivity index is 2.07. The maximum atomic E-state index is 12.1. The Morgan fingerprint density at radius 1 is 1.52 bits per heavy atom. The molecule has 1 aromatic rings. The van der Waals surface area contributed by atoms with Crippen molar-refractivity contribution in [1.29, 1.82) is 5.26 Å². The minimum Gasteiger partial charge on any atom is -0.444 e. The van der Waals surface area contributed by atoms with Crippen LogP contribution in [0.1, 0.15) is 38.4 Å². The largest absolute Gasteiger partial charge is 0.444 e. The van der Waals surface area contributed by atoms with Gasteiger partial charge in [-0.25, -0.2) is 4.79 Å². The average Bonchev–Trinajstić information content (AvgIpc) is 2.46. The van der Waals surface area contributed by atoms with Crippen LogP contribution in [0.5, 0.6) is 0 Å². The SMILES string of the molecule is CC(C)(C)OC(=O)N1CC=C(c2ncc(CC#N)cc2I)CC1. The molecular formula is C17H20IN3O2. The zero-order valence-corrected chi connectivity index (χ0v) is 15.8. The van der Waals surface area contributed by atoms with E-state index in [4.69, 9.17) is 10.00 Å². The van der Waals surface area contributed by atoms with Gasteiger partial charge in [-0.2, -0.15) is 5.26 Å². The molecule has 1 aliphatic heterocycles. The third-order valence-corrected chi connectivity index (χ3v) is 4.17. The van der Waals surface area contributed by atoms with Crippen LogP contribution in [0.4, 0.5) is 4.79 Å². The normalized spacial score (nSPS) is 14.9. The van der Waals surface area contributed by atoms with Gasteiger partial charge < -0.3 is 9.64 Å². The van der Waals surface area contributed by atoms with E-state index in [0.717, 1.165) is 26.8 Å². The number of hydrogen-bond acceptors (Lipinski definition) is 4. The Labute approximate surface area is 150 Å². The summed E-state index contributed by atoms with van der Waals surface area (Å²) < 4.78 is 6.43. The van der Waals surface area contributed by atoms with Crippen LogP contribution in [-0.4, -0.2) is 34.7 Å². The first kappa shape index (κ1) is 17.7. The number of hydrogen-bond donors (Lipinski definition) is 0. The predicted molar refractivity (Wildman–Crippen MR) is 96.7 cm³/mol. The molecule has 0 atom stereocenters. The van der Waals surface area contributed by atoms with E-state index in [9.17, 15) is 4.79 Å². The van der Waals surface area contributed by atoms with E-state index in [2.05, 4.69) is 33.6 Å². The number of amides is 1. The molecule has 0 spiro atoms. The Kier molecular flexibility index (Phi) is 5.63. The molecule has 0 N–H and O–H groups in total. The maximum Gasteiger partial charge on any atom is 0.410 e. The van der Waals surface area contributed by atoms with Crippen molar-refractivity contribution >= 4 is 34.3 Å². The van der Waals surface area contributed by atoms with Crippen molar-refractivity contribution in [3.63, 3.8) is 0 Å². The summed E-state index contributed by atoms with van der Waals surface area (Å²) in [7, 11) is 0. The van der Waals surface area contributed by atoms with Gasteiger partial charge in [0.25, 0.3) is 0 Å². The number of nitriles is 1. The molecule has 0 unspecified atom stereocenters. The lowest BCUT2D eigenvalue weighted by Crippen LogP contribution is -2.39. The molecule has 2 heterocycles. The molecule has 0 fully saturated rings. The standard InChI is InChI=1S/C17H20IN3O2/c1-17(2,3)23-16(22)21-8-5-13(6-9-21)15-14(18)10-12(4-7-19)11-20-15/h5,10-11H,4,6,8-9H2,1-3H3. The molecule has 1 amide bonds. The molecule has 0 saturated carbocycles. The lowest BCUT2D eigenvalue weighted by Gasteiger charge is -2.29. The third-order valence-electron chi connectivity index (χ3n) is 3.35. The Bertz CT molecular complexity index is 671. The fourth-order valence-corrected chi connectivity index (χ4v) is 3.16. The minimum absolute atomic E-state index is 0.278. The molecule has 23 heavy (non-hydrogen) atoms. The number of aromatic nitrogens is 1. The van der Waals surface area contributed by atoms with Crippen molar-refractivity contribution in [3.8, 4) is 6.07 Å². The third kappa shape index (κ3) is 4.93. The molecule has 5 nitrogen and oxygen atoms in total.